The van der Waals surface area contributed by atoms with Crippen molar-refractivity contribution in [2.75, 3.05) is 18.0 Å². The van der Waals surface area contributed by atoms with Crippen molar-refractivity contribution in [2.24, 2.45) is 0 Å². The van der Waals surface area contributed by atoms with Crippen LogP contribution in [-0.2, 0) is 10.0 Å². The molecule has 0 aliphatic carbocycles. The topological polar surface area (TPSA) is 55.2 Å². The average molecular weight is 359 g/mol. The van der Waals surface area contributed by atoms with E-state index in [0.717, 1.165) is 35.6 Å². The lowest BCUT2D eigenvalue weighted by atomic mass is 10.2. The Morgan fingerprint density at radius 3 is 2.40 bits per heavy atom. The summed E-state index contributed by atoms with van der Waals surface area (Å²) in [6.45, 7) is 3.49. The maximum Gasteiger partial charge on any atom is 0.283 e. The van der Waals surface area contributed by atoms with E-state index in [9.17, 15) is 12.8 Å². The molecule has 0 atom stereocenters. The highest BCUT2D eigenvalue weighted by Gasteiger charge is 2.26. The number of hydrogen-bond acceptors (Lipinski definition) is 4. The fourth-order valence-electron chi connectivity index (χ4n) is 3.20. The van der Waals surface area contributed by atoms with Crippen molar-refractivity contribution in [1.29, 1.82) is 0 Å². The minimum absolute atomic E-state index is 0.166. The Morgan fingerprint density at radius 1 is 1.04 bits per heavy atom. The molecule has 0 amide bonds. The first-order chi connectivity index (χ1) is 12.0. The summed E-state index contributed by atoms with van der Waals surface area (Å²) in [4.78, 5) is 2.18. The highest BCUT2D eigenvalue weighted by Crippen LogP contribution is 2.31. The van der Waals surface area contributed by atoms with E-state index in [2.05, 4.69) is 5.10 Å². The summed E-state index contributed by atoms with van der Waals surface area (Å²) in [6.07, 6.45) is 2.04. The fraction of sp³-hybridized carbons (Fsp3) is 0.278. The summed E-state index contributed by atoms with van der Waals surface area (Å²) in [7, 11) is -3.85. The van der Waals surface area contributed by atoms with Crippen molar-refractivity contribution >= 4 is 26.7 Å². The maximum absolute atomic E-state index is 13.8. The number of aryl methyl sites for hydroxylation is 1. The standard InChI is InChI=1S/C18H18FN3O2S/c1-13-4-7-15(8-5-13)25(23,24)22-17-9-6-14(19)12-16(17)18(20-22)21-10-2-3-11-21/h4-9,12H,2-3,10-11H2,1H3. The van der Waals surface area contributed by atoms with Gasteiger partial charge in [-0.3, -0.25) is 0 Å². The zero-order valence-electron chi connectivity index (χ0n) is 13.8. The Morgan fingerprint density at radius 2 is 1.72 bits per heavy atom. The van der Waals surface area contributed by atoms with Crippen LogP contribution in [0.15, 0.2) is 47.4 Å². The van der Waals surface area contributed by atoms with Gasteiger partial charge in [0.15, 0.2) is 5.82 Å². The SMILES string of the molecule is Cc1ccc(S(=O)(=O)n2nc(N3CCCC3)c3cc(F)ccc32)cc1. The summed E-state index contributed by atoms with van der Waals surface area (Å²) in [6, 6.07) is 10.7. The second-order valence-electron chi connectivity index (χ2n) is 6.34. The van der Waals surface area contributed by atoms with Crippen molar-refractivity contribution in [3.8, 4) is 0 Å². The van der Waals surface area contributed by atoms with Crippen LogP contribution in [0.25, 0.3) is 10.9 Å². The predicted molar refractivity (Wildman–Crippen MR) is 94.9 cm³/mol. The lowest BCUT2D eigenvalue weighted by Gasteiger charge is -2.14. The lowest BCUT2D eigenvalue weighted by molar-refractivity contribution is 0.582. The molecule has 2 heterocycles. The number of halogens is 1. The van der Waals surface area contributed by atoms with Gasteiger partial charge in [0, 0.05) is 18.5 Å². The van der Waals surface area contributed by atoms with Crippen LogP contribution >= 0.6 is 0 Å². The minimum Gasteiger partial charge on any atom is -0.355 e. The Bertz CT molecular complexity index is 1040. The van der Waals surface area contributed by atoms with E-state index in [4.69, 9.17) is 0 Å². The largest absolute Gasteiger partial charge is 0.355 e. The number of fused-ring (bicyclic) bond motifs is 1. The van der Waals surface area contributed by atoms with Gasteiger partial charge in [-0.15, -0.1) is 5.10 Å². The number of rotatable bonds is 3. The average Bonchev–Trinajstić information content (AvgIpc) is 3.22. The quantitative estimate of drug-likeness (QED) is 0.720. The van der Waals surface area contributed by atoms with Gasteiger partial charge in [0.05, 0.1) is 10.4 Å². The third-order valence-corrected chi connectivity index (χ3v) is 6.14. The molecule has 0 bridgehead atoms. The highest BCUT2D eigenvalue weighted by atomic mass is 32.2. The molecule has 3 aromatic rings. The second kappa shape index (κ2) is 5.84. The van der Waals surface area contributed by atoms with E-state index in [1.54, 1.807) is 24.3 Å². The van der Waals surface area contributed by atoms with Gasteiger partial charge in [-0.05, 0) is 50.1 Å². The van der Waals surface area contributed by atoms with Crippen LogP contribution in [0.1, 0.15) is 18.4 Å². The minimum atomic E-state index is -3.85. The molecule has 1 saturated heterocycles. The molecule has 25 heavy (non-hydrogen) atoms. The third-order valence-electron chi connectivity index (χ3n) is 4.54. The molecule has 130 valence electrons. The number of aromatic nitrogens is 2. The van der Waals surface area contributed by atoms with Crippen LogP contribution in [0.4, 0.5) is 10.2 Å². The second-order valence-corrected chi connectivity index (χ2v) is 8.11. The van der Waals surface area contributed by atoms with Crippen molar-refractivity contribution in [3.05, 3.63) is 53.8 Å². The summed E-state index contributed by atoms with van der Waals surface area (Å²) in [5, 5.41) is 4.90. The smallest absolute Gasteiger partial charge is 0.283 e. The molecule has 7 heteroatoms. The summed E-state index contributed by atoms with van der Waals surface area (Å²) in [5.74, 6) is 0.128. The van der Waals surface area contributed by atoms with Crippen molar-refractivity contribution in [2.45, 2.75) is 24.7 Å². The first-order valence-corrected chi connectivity index (χ1v) is 9.66. The normalized spacial score (nSPS) is 15.2. The van der Waals surface area contributed by atoms with E-state index in [-0.39, 0.29) is 4.90 Å². The molecule has 4 rings (SSSR count). The Balaban J connectivity index is 1.94. The molecule has 0 radical (unpaired) electrons. The van der Waals surface area contributed by atoms with Crippen LogP contribution < -0.4 is 4.90 Å². The summed E-state index contributed by atoms with van der Waals surface area (Å²) >= 11 is 0. The molecule has 1 fully saturated rings. The van der Waals surface area contributed by atoms with Gasteiger partial charge in [-0.2, -0.15) is 12.5 Å². The van der Waals surface area contributed by atoms with Gasteiger partial charge in [0.1, 0.15) is 5.82 Å². The van der Waals surface area contributed by atoms with Crippen molar-refractivity contribution in [3.63, 3.8) is 0 Å². The molecule has 0 saturated carbocycles. The van der Waals surface area contributed by atoms with Gasteiger partial charge in [-0.1, -0.05) is 17.7 Å². The summed E-state index contributed by atoms with van der Waals surface area (Å²) in [5.41, 5.74) is 1.37. The number of benzene rings is 2. The first kappa shape index (κ1) is 16.1. The number of hydrogen-bond donors (Lipinski definition) is 0. The zero-order valence-corrected chi connectivity index (χ0v) is 14.6. The van der Waals surface area contributed by atoms with Crippen molar-refractivity contribution < 1.29 is 12.8 Å². The van der Waals surface area contributed by atoms with Crippen LogP contribution in [-0.4, -0.2) is 30.7 Å². The number of anilines is 1. The molecule has 1 aromatic heterocycles. The predicted octanol–water partition coefficient (Wildman–Crippen LogP) is 3.32. The van der Waals surface area contributed by atoms with Gasteiger partial charge in [-0.25, -0.2) is 4.39 Å². The molecule has 1 aliphatic rings. The molecule has 0 spiro atoms. The molecule has 0 N–H and O–H groups in total. The van der Waals surface area contributed by atoms with Gasteiger partial charge < -0.3 is 4.90 Å². The van der Waals surface area contributed by atoms with E-state index in [0.29, 0.717) is 16.7 Å². The molecular formula is C18H18FN3O2S. The maximum atomic E-state index is 13.8. The van der Waals surface area contributed by atoms with E-state index < -0.39 is 15.8 Å². The molecule has 2 aromatic carbocycles. The molecule has 0 unspecified atom stereocenters. The van der Waals surface area contributed by atoms with Crippen LogP contribution in [0.3, 0.4) is 0 Å². The van der Waals surface area contributed by atoms with E-state index in [1.165, 1.54) is 18.2 Å². The third kappa shape index (κ3) is 2.68. The zero-order chi connectivity index (χ0) is 17.6. The van der Waals surface area contributed by atoms with E-state index >= 15 is 0 Å². The van der Waals surface area contributed by atoms with Crippen LogP contribution in [0.2, 0.25) is 0 Å². The molecule has 1 aliphatic heterocycles. The van der Waals surface area contributed by atoms with Gasteiger partial charge in [0.25, 0.3) is 10.0 Å². The highest BCUT2D eigenvalue weighted by molar-refractivity contribution is 7.90. The Labute approximate surface area is 145 Å². The first-order valence-electron chi connectivity index (χ1n) is 8.22. The molecular weight excluding hydrogens is 341 g/mol. The molecule has 5 nitrogen and oxygen atoms in total. The lowest BCUT2D eigenvalue weighted by Crippen LogP contribution is -2.20. The fourth-order valence-corrected chi connectivity index (χ4v) is 4.49. The monoisotopic (exact) mass is 359 g/mol. The Kier molecular flexibility index (Phi) is 3.76. The Hall–Kier alpha value is -2.41. The van der Waals surface area contributed by atoms with Gasteiger partial charge in [0.2, 0.25) is 0 Å². The van der Waals surface area contributed by atoms with E-state index in [1.807, 2.05) is 11.8 Å². The van der Waals surface area contributed by atoms with Gasteiger partial charge >= 0.3 is 0 Å². The van der Waals surface area contributed by atoms with Crippen molar-refractivity contribution in [1.82, 2.24) is 9.19 Å². The van der Waals surface area contributed by atoms with Crippen LogP contribution in [0.5, 0.6) is 0 Å². The number of nitrogens with zero attached hydrogens (tertiary/aromatic N) is 3. The van der Waals surface area contributed by atoms with Crippen LogP contribution in [0, 0.1) is 12.7 Å². The summed E-state index contributed by atoms with van der Waals surface area (Å²) < 4.78 is 40.9.